The smallest absolute Gasteiger partial charge is 0.0228 e. The van der Waals surface area contributed by atoms with Crippen molar-refractivity contribution >= 4 is 0 Å². The average Bonchev–Trinajstić information content (AvgIpc) is 2.31. The SMILES string of the molecule is C=C/C=C\C1CCC(C)C1. The summed E-state index contributed by atoms with van der Waals surface area (Å²) in [5.41, 5.74) is 0. The first-order chi connectivity index (χ1) is 4.83. The molecule has 0 saturated heterocycles. The van der Waals surface area contributed by atoms with Crippen molar-refractivity contribution in [1.29, 1.82) is 0 Å². The molecule has 0 heterocycles. The van der Waals surface area contributed by atoms with Crippen LogP contribution in [0.3, 0.4) is 0 Å². The number of hydrogen-bond donors (Lipinski definition) is 0. The van der Waals surface area contributed by atoms with Gasteiger partial charge in [0.1, 0.15) is 0 Å². The van der Waals surface area contributed by atoms with E-state index in [1.165, 1.54) is 19.3 Å². The first-order valence-corrected chi connectivity index (χ1v) is 4.12. The zero-order valence-corrected chi connectivity index (χ0v) is 6.72. The molecule has 1 fully saturated rings. The maximum absolute atomic E-state index is 3.65. The van der Waals surface area contributed by atoms with Gasteiger partial charge in [0, 0.05) is 0 Å². The van der Waals surface area contributed by atoms with E-state index in [9.17, 15) is 0 Å². The van der Waals surface area contributed by atoms with Crippen molar-refractivity contribution in [2.45, 2.75) is 26.2 Å². The summed E-state index contributed by atoms with van der Waals surface area (Å²) in [6.07, 6.45) is 10.4. The van der Waals surface area contributed by atoms with Gasteiger partial charge in [-0.25, -0.2) is 0 Å². The second kappa shape index (κ2) is 3.60. The van der Waals surface area contributed by atoms with Gasteiger partial charge in [-0.05, 0) is 24.7 Å². The number of allylic oxidation sites excluding steroid dienone is 3. The van der Waals surface area contributed by atoms with Crippen LogP contribution in [0, 0.1) is 11.8 Å². The minimum Gasteiger partial charge on any atom is -0.0991 e. The quantitative estimate of drug-likeness (QED) is 0.511. The molecule has 0 aromatic rings. The van der Waals surface area contributed by atoms with Crippen LogP contribution in [0.2, 0.25) is 0 Å². The molecule has 0 bridgehead atoms. The Hall–Kier alpha value is -0.520. The Balaban J connectivity index is 2.30. The van der Waals surface area contributed by atoms with Gasteiger partial charge < -0.3 is 0 Å². The van der Waals surface area contributed by atoms with Crippen LogP contribution < -0.4 is 0 Å². The molecule has 1 aliphatic carbocycles. The summed E-state index contributed by atoms with van der Waals surface area (Å²) in [6, 6.07) is 0. The zero-order chi connectivity index (χ0) is 7.40. The summed E-state index contributed by atoms with van der Waals surface area (Å²) in [7, 11) is 0. The fraction of sp³-hybridized carbons (Fsp3) is 0.600. The van der Waals surface area contributed by atoms with E-state index in [0.29, 0.717) is 0 Å². The van der Waals surface area contributed by atoms with Crippen LogP contribution in [0.1, 0.15) is 26.2 Å². The number of hydrogen-bond acceptors (Lipinski definition) is 0. The second-order valence-corrected chi connectivity index (χ2v) is 3.30. The van der Waals surface area contributed by atoms with Crippen molar-refractivity contribution in [2.24, 2.45) is 11.8 Å². The highest BCUT2D eigenvalue weighted by atomic mass is 14.2. The second-order valence-electron chi connectivity index (χ2n) is 3.30. The van der Waals surface area contributed by atoms with Crippen molar-refractivity contribution in [3.8, 4) is 0 Å². The summed E-state index contributed by atoms with van der Waals surface area (Å²) in [6.45, 7) is 5.99. The lowest BCUT2D eigenvalue weighted by molar-refractivity contribution is 0.586. The van der Waals surface area contributed by atoms with E-state index in [0.717, 1.165) is 11.8 Å². The summed E-state index contributed by atoms with van der Waals surface area (Å²) in [5, 5.41) is 0. The normalized spacial score (nSPS) is 33.3. The van der Waals surface area contributed by atoms with Crippen LogP contribution >= 0.6 is 0 Å². The Morgan fingerprint density at radius 2 is 2.20 bits per heavy atom. The Kier molecular flexibility index (Phi) is 2.73. The van der Waals surface area contributed by atoms with Crippen LogP contribution in [0.15, 0.2) is 24.8 Å². The maximum atomic E-state index is 3.65. The number of rotatable bonds is 2. The van der Waals surface area contributed by atoms with Gasteiger partial charge in [0.05, 0.1) is 0 Å². The molecular formula is C10H16. The van der Waals surface area contributed by atoms with Crippen molar-refractivity contribution in [3.63, 3.8) is 0 Å². The Bertz CT molecular complexity index is 133. The molecular weight excluding hydrogens is 120 g/mol. The van der Waals surface area contributed by atoms with Gasteiger partial charge in [0.2, 0.25) is 0 Å². The lowest BCUT2D eigenvalue weighted by Gasteiger charge is -1.99. The Morgan fingerprint density at radius 3 is 2.70 bits per heavy atom. The van der Waals surface area contributed by atoms with Gasteiger partial charge in [-0.3, -0.25) is 0 Å². The fourth-order valence-corrected chi connectivity index (χ4v) is 1.66. The zero-order valence-electron chi connectivity index (χ0n) is 6.72. The topological polar surface area (TPSA) is 0 Å². The maximum Gasteiger partial charge on any atom is -0.0228 e. The molecule has 0 aromatic heterocycles. The van der Waals surface area contributed by atoms with E-state index in [1.807, 2.05) is 6.08 Å². The third-order valence-corrected chi connectivity index (χ3v) is 2.25. The van der Waals surface area contributed by atoms with E-state index < -0.39 is 0 Å². The van der Waals surface area contributed by atoms with Crippen molar-refractivity contribution in [3.05, 3.63) is 24.8 Å². The van der Waals surface area contributed by atoms with E-state index in [-0.39, 0.29) is 0 Å². The van der Waals surface area contributed by atoms with E-state index in [4.69, 9.17) is 0 Å². The fourth-order valence-electron chi connectivity index (χ4n) is 1.66. The molecule has 1 aliphatic rings. The van der Waals surface area contributed by atoms with Gasteiger partial charge in [-0.1, -0.05) is 38.2 Å². The average molecular weight is 136 g/mol. The summed E-state index contributed by atoms with van der Waals surface area (Å²) >= 11 is 0. The van der Waals surface area contributed by atoms with E-state index in [2.05, 4.69) is 25.7 Å². The summed E-state index contributed by atoms with van der Waals surface area (Å²) in [4.78, 5) is 0. The molecule has 0 N–H and O–H groups in total. The molecule has 1 saturated carbocycles. The Morgan fingerprint density at radius 1 is 1.40 bits per heavy atom. The molecule has 10 heavy (non-hydrogen) atoms. The van der Waals surface area contributed by atoms with Crippen LogP contribution in [0.4, 0.5) is 0 Å². The van der Waals surface area contributed by atoms with Crippen LogP contribution in [-0.4, -0.2) is 0 Å². The summed E-state index contributed by atoms with van der Waals surface area (Å²) < 4.78 is 0. The highest BCUT2D eigenvalue weighted by molar-refractivity contribution is 5.01. The molecule has 56 valence electrons. The molecule has 0 amide bonds. The molecule has 0 heteroatoms. The first kappa shape index (κ1) is 7.59. The highest BCUT2D eigenvalue weighted by Crippen LogP contribution is 2.30. The highest BCUT2D eigenvalue weighted by Gasteiger charge is 2.17. The van der Waals surface area contributed by atoms with Crippen LogP contribution in [0.25, 0.3) is 0 Å². The summed E-state index contributed by atoms with van der Waals surface area (Å²) in [5.74, 6) is 1.78. The van der Waals surface area contributed by atoms with Gasteiger partial charge in [0.15, 0.2) is 0 Å². The van der Waals surface area contributed by atoms with Gasteiger partial charge in [0.25, 0.3) is 0 Å². The van der Waals surface area contributed by atoms with Crippen molar-refractivity contribution in [2.75, 3.05) is 0 Å². The molecule has 2 unspecified atom stereocenters. The van der Waals surface area contributed by atoms with Gasteiger partial charge >= 0.3 is 0 Å². The van der Waals surface area contributed by atoms with Crippen molar-refractivity contribution < 1.29 is 0 Å². The molecule has 0 spiro atoms. The van der Waals surface area contributed by atoms with Gasteiger partial charge in [-0.15, -0.1) is 0 Å². The van der Waals surface area contributed by atoms with Crippen LogP contribution in [-0.2, 0) is 0 Å². The van der Waals surface area contributed by atoms with Gasteiger partial charge in [-0.2, -0.15) is 0 Å². The third kappa shape index (κ3) is 2.02. The molecule has 0 aromatic carbocycles. The molecule has 1 rings (SSSR count). The van der Waals surface area contributed by atoms with E-state index in [1.54, 1.807) is 0 Å². The first-order valence-electron chi connectivity index (χ1n) is 4.12. The van der Waals surface area contributed by atoms with Crippen LogP contribution in [0.5, 0.6) is 0 Å². The van der Waals surface area contributed by atoms with E-state index >= 15 is 0 Å². The Labute approximate surface area is 63.6 Å². The molecule has 2 atom stereocenters. The largest absolute Gasteiger partial charge is 0.0991 e. The third-order valence-electron chi connectivity index (χ3n) is 2.25. The lowest BCUT2D eigenvalue weighted by atomic mass is 10.1. The predicted octanol–water partition coefficient (Wildman–Crippen LogP) is 3.16. The standard InChI is InChI=1S/C10H16/c1-3-4-5-10-7-6-9(2)8-10/h3-5,9-10H,1,6-8H2,2H3/b5-4-. The monoisotopic (exact) mass is 136 g/mol. The molecule has 0 nitrogen and oxygen atoms in total. The van der Waals surface area contributed by atoms with Crippen molar-refractivity contribution in [1.82, 2.24) is 0 Å². The minimum absolute atomic E-state index is 0.841. The minimum atomic E-state index is 0.841. The molecule has 0 aliphatic heterocycles. The molecule has 0 radical (unpaired) electrons. The predicted molar refractivity (Wildman–Crippen MR) is 45.8 cm³/mol. The lowest BCUT2D eigenvalue weighted by Crippen LogP contribution is -1.87.